The molecule has 4 aromatic rings. The first-order valence-electron chi connectivity index (χ1n) is 7.89. The molecule has 1 N–H and O–H groups in total. The highest BCUT2D eigenvalue weighted by molar-refractivity contribution is 5.62. The maximum atomic E-state index is 4.56. The van der Waals surface area contributed by atoms with Crippen molar-refractivity contribution in [2.75, 3.05) is 0 Å². The summed E-state index contributed by atoms with van der Waals surface area (Å²) in [7, 11) is 0. The molecule has 0 saturated carbocycles. The Balaban J connectivity index is 1.51. The maximum absolute atomic E-state index is 4.56. The summed E-state index contributed by atoms with van der Waals surface area (Å²) in [6.07, 6.45) is 5.15. The molecular weight excluding hydrogens is 312 g/mol. The van der Waals surface area contributed by atoms with Crippen LogP contribution in [0.25, 0.3) is 28.9 Å². The molecule has 6 heteroatoms. The van der Waals surface area contributed by atoms with Gasteiger partial charge in [0.2, 0.25) is 0 Å². The molecule has 0 amide bonds. The summed E-state index contributed by atoms with van der Waals surface area (Å²) in [5.41, 5.74) is 4.18. The van der Waals surface area contributed by atoms with Crippen molar-refractivity contribution in [1.82, 2.24) is 29.9 Å². The van der Waals surface area contributed by atoms with Gasteiger partial charge in [-0.25, -0.2) is 14.6 Å². The van der Waals surface area contributed by atoms with E-state index >= 15 is 0 Å². The molecule has 0 bridgehead atoms. The molecule has 4 rings (SSSR count). The third kappa shape index (κ3) is 3.23. The summed E-state index contributed by atoms with van der Waals surface area (Å²) in [5, 5.41) is 11.3. The van der Waals surface area contributed by atoms with Crippen molar-refractivity contribution in [2.45, 2.75) is 6.54 Å². The van der Waals surface area contributed by atoms with Crippen LogP contribution >= 0.6 is 0 Å². The van der Waals surface area contributed by atoms with Crippen molar-refractivity contribution in [3.05, 3.63) is 78.9 Å². The highest BCUT2D eigenvalue weighted by Crippen LogP contribution is 2.20. The van der Waals surface area contributed by atoms with Crippen LogP contribution in [0.1, 0.15) is 11.1 Å². The Hall–Kier alpha value is -3.54. The van der Waals surface area contributed by atoms with E-state index in [9.17, 15) is 0 Å². The zero-order valence-electron chi connectivity index (χ0n) is 13.5. The van der Waals surface area contributed by atoms with Crippen LogP contribution in [0, 0.1) is 0 Å². The molecule has 0 aliphatic carbocycles. The van der Waals surface area contributed by atoms with E-state index in [0.717, 1.165) is 16.7 Å². The Labute approximate surface area is 144 Å². The Bertz CT molecular complexity index is 966. The molecule has 0 spiro atoms. The number of benzene rings is 2. The van der Waals surface area contributed by atoms with E-state index in [0.29, 0.717) is 18.2 Å². The minimum absolute atomic E-state index is 0.674. The number of H-pyrrole nitrogens is 1. The average Bonchev–Trinajstić information content (AvgIpc) is 3.35. The second-order valence-electron chi connectivity index (χ2n) is 5.61. The molecule has 0 aliphatic heterocycles. The molecule has 2 aromatic carbocycles. The van der Waals surface area contributed by atoms with Crippen LogP contribution in [0.4, 0.5) is 0 Å². The maximum Gasteiger partial charge on any atom is 0.181 e. The standard InChI is InChI=1S/C19H16N6/c1-2-14-3-5-15(6-4-14)11-25-13-21-19(24-25)17-9-7-16(8-10-17)18-20-12-22-23-18/h2-10,12-13H,1,11H2,(H,20,22,23). The lowest BCUT2D eigenvalue weighted by Crippen LogP contribution is -2.00. The van der Waals surface area contributed by atoms with Gasteiger partial charge in [0.25, 0.3) is 0 Å². The molecule has 2 heterocycles. The minimum atomic E-state index is 0.674. The second kappa shape index (κ2) is 6.52. The molecule has 0 fully saturated rings. The van der Waals surface area contributed by atoms with Crippen LogP contribution < -0.4 is 0 Å². The van der Waals surface area contributed by atoms with Crippen molar-refractivity contribution in [2.24, 2.45) is 0 Å². The number of hydrogen-bond acceptors (Lipinski definition) is 4. The molecular formula is C19H16N6. The van der Waals surface area contributed by atoms with Gasteiger partial charge in [-0.1, -0.05) is 61.2 Å². The normalized spacial score (nSPS) is 10.7. The first-order valence-corrected chi connectivity index (χ1v) is 7.89. The number of nitrogens with zero attached hydrogens (tertiary/aromatic N) is 5. The van der Waals surface area contributed by atoms with Crippen LogP contribution in [-0.4, -0.2) is 29.9 Å². The first kappa shape index (κ1) is 15.0. The van der Waals surface area contributed by atoms with Crippen molar-refractivity contribution in [3.8, 4) is 22.8 Å². The lowest BCUT2D eigenvalue weighted by Gasteiger charge is -2.02. The Kier molecular flexibility index (Phi) is 3.92. The minimum Gasteiger partial charge on any atom is -0.265 e. The van der Waals surface area contributed by atoms with Gasteiger partial charge >= 0.3 is 0 Å². The molecule has 25 heavy (non-hydrogen) atoms. The van der Waals surface area contributed by atoms with Gasteiger partial charge in [0.1, 0.15) is 12.7 Å². The van der Waals surface area contributed by atoms with E-state index in [4.69, 9.17) is 0 Å². The van der Waals surface area contributed by atoms with E-state index in [2.05, 4.69) is 44.0 Å². The molecule has 0 aliphatic rings. The zero-order chi connectivity index (χ0) is 17.1. The summed E-state index contributed by atoms with van der Waals surface area (Å²) in [4.78, 5) is 8.55. The average molecular weight is 328 g/mol. The third-order valence-corrected chi connectivity index (χ3v) is 3.91. The molecule has 122 valence electrons. The predicted molar refractivity (Wildman–Crippen MR) is 96.5 cm³/mol. The van der Waals surface area contributed by atoms with Crippen molar-refractivity contribution in [1.29, 1.82) is 0 Å². The highest BCUT2D eigenvalue weighted by atomic mass is 15.3. The summed E-state index contributed by atoms with van der Waals surface area (Å²) in [6.45, 7) is 4.45. The van der Waals surface area contributed by atoms with Crippen LogP contribution in [0.15, 0.2) is 67.8 Å². The number of aromatic amines is 1. The van der Waals surface area contributed by atoms with Crippen molar-refractivity contribution >= 4 is 6.08 Å². The fourth-order valence-electron chi connectivity index (χ4n) is 2.57. The number of hydrogen-bond donors (Lipinski definition) is 1. The van der Waals surface area contributed by atoms with Crippen molar-refractivity contribution in [3.63, 3.8) is 0 Å². The van der Waals surface area contributed by atoms with E-state index < -0.39 is 0 Å². The van der Waals surface area contributed by atoms with Crippen molar-refractivity contribution < 1.29 is 0 Å². The zero-order valence-corrected chi connectivity index (χ0v) is 13.5. The summed E-state index contributed by atoms with van der Waals surface area (Å²) in [6, 6.07) is 16.1. The fraction of sp³-hybridized carbons (Fsp3) is 0.0526. The SMILES string of the molecule is C=Cc1ccc(Cn2cnc(-c3ccc(-c4nc[nH]n4)cc3)n2)cc1. The number of nitrogens with one attached hydrogen (secondary N) is 1. The van der Waals surface area contributed by atoms with Gasteiger partial charge in [-0.3, -0.25) is 5.10 Å². The highest BCUT2D eigenvalue weighted by Gasteiger charge is 2.07. The van der Waals surface area contributed by atoms with Gasteiger partial charge in [0, 0.05) is 11.1 Å². The van der Waals surface area contributed by atoms with E-state index in [-0.39, 0.29) is 0 Å². The van der Waals surface area contributed by atoms with Crippen LogP contribution in [0.2, 0.25) is 0 Å². The van der Waals surface area contributed by atoms with Gasteiger partial charge in [-0.05, 0) is 11.1 Å². The summed E-state index contributed by atoms with van der Waals surface area (Å²) < 4.78 is 1.83. The lowest BCUT2D eigenvalue weighted by atomic mass is 10.1. The largest absolute Gasteiger partial charge is 0.265 e. The van der Waals surface area contributed by atoms with E-state index in [1.165, 1.54) is 5.56 Å². The Morgan fingerprint density at radius 2 is 1.64 bits per heavy atom. The summed E-state index contributed by atoms with van der Waals surface area (Å²) >= 11 is 0. The molecule has 2 aromatic heterocycles. The fourth-order valence-corrected chi connectivity index (χ4v) is 2.57. The quantitative estimate of drug-likeness (QED) is 0.609. The molecule has 0 unspecified atom stereocenters. The van der Waals surface area contributed by atoms with Crippen LogP contribution in [-0.2, 0) is 6.54 Å². The lowest BCUT2D eigenvalue weighted by molar-refractivity contribution is 0.687. The van der Waals surface area contributed by atoms with Gasteiger partial charge in [-0.2, -0.15) is 10.2 Å². The van der Waals surface area contributed by atoms with Crippen LogP contribution in [0.5, 0.6) is 0 Å². The monoisotopic (exact) mass is 328 g/mol. The van der Waals surface area contributed by atoms with Crippen LogP contribution in [0.3, 0.4) is 0 Å². The number of rotatable bonds is 5. The molecule has 6 nitrogen and oxygen atoms in total. The Morgan fingerprint density at radius 1 is 0.920 bits per heavy atom. The molecule has 0 atom stereocenters. The first-order chi connectivity index (χ1) is 12.3. The van der Waals surface area contributed by atoms with Gasteiger partial charge in [-0.15, -0.1) is 0 Å². The second-order valence-corrected chi connectivity index (χ2v) is 5.61. The smallest absolute Gasteiger partial charge is 0.181 e. The third-order valence-electron chi connectivity index (χ3n) is 3.91. The van der Waals surface area contributed by atoms with E-state index in [1.807, 2.05) is 47.2 Å². The van der Waals surface area contributed by atoms with Gasteiger partial charge < -0.3 is 0 Å². The van der Waals surface area contributed by atoms with Gasteiger partial charge in [0.05, 0.1) is 6.54 Å². The predicted octanol–water partition coefficient (Wildman–Crippen LogP) is 3.42. The summed E-state index contributed by atoms with van der Waals surface area (Å²) in [5.74, 6) is 1.37. The molecule has 0 radical (unpaired) electrons. The Morgan fingerprint density at radius 3 is 2.28 bits per heavy atom. The van der Waals surface area contributed by atoms with Gasteiger partial charge in [0.15, 0.2) is 11.6 Å². The number of aromatic nitrogens is 6. The van der Waals surface area contributed by atoms with E-state index in [1.54, 1.807) is 12.7 Å². The topological polar surface area (TPSA) is 72.3 Å². The molecule has 0 saturated heterocycles.